The molecule has 3 nitrogen and oxygen atoms in total. The van der Waals surface area contributed by atoms with Gasteiger partial charge in [-0.3, -0.25) is 0 Å². The van der Waals surface area contributed by atoms with Crippen molar-refractivity contribution in [2.24, 2.45) is 5.73 Å². The van der Waals surface area contributed by atoms with Crippen LogP contribution >= 0.6 is 11.6 Å². The van der Waals surface area contributed by atoms with E-state index in [0.29, 0.717) is 11.6 Å². The Bertz CT molecular complexity index is 575. The molecule has 2 aromatic rings. The maximum absolute atomic E-state index is 12.9. The molecule has 0 aliphatic heterocycles. The zero-order valence-electron chi connectivity index (χ0n) is 11.1. The van der Waals surface area contributed by atoms with Crippen molar-refractivity contribution < 1.29 is 9.13 Å². The molecule has 0 aliphatic rings. The highest BCUT2D eigenvalue weighted by molar-refractivity contribution is 6.32. The summed E-state index contributed by atoms with van der Waals surface area (Å²) in [6.45, 7) is 2.05. The molecule has 1 aromatic carbocycles. The minimum atomic E-state index is -0.404. The van der Waals surface area contributed by atoms with Gasteiger partial charge in [0.25, 0.3) is 0 Å². The Kier molecular flexibility index (Phi) is 4.93. The van der Waals surface area contributed by atoms with Gasteiger partial charge in [0.2, 0.25) is 5.88 Å². The summed E-state index contributed by atoms with van der Waals surface area (Å²) in [6, 6.07) is 7.75. The Morgan fingerprint density at radius 2 is 2.15 bits per heavy atom. The first-order chi connectivity index (χ1) is 9.58. The third-order valence-electron chi connectivity index (χ3n) is 2.93. The molecule has 0 radical (unpaired) electrons. The number of hydrogen-bond acceptors (Lipinski definition) is 3. The highest BCUT2D eigenvalue weighted by Gasteiger charge is 2.06. The lowest BCUT2D eigenvalue weighted by atomic mass is 10.1. The van der Waals surface area contributed by atoms with Crippen LogP contribution < -0.4 is 10.5 Å². The van der Waals surface area contributed by atoms with E-state index in [4.69, 9.17) is 22.1 Å². The van der Waals surface area contributed by atoms with Crippen molar-refractivity contribution in [2.75, 3.05) is 0 Å². The topological polar surface area (TPSA) is 48.1 Å². The third-order valence-corrected chi connectivity index (χ3v) is 3.22. The van der Waals surface area contributed by atoms with E-state index >= 15 is 0 Å². The number of nitrogens with zero attached hydrogens (tertiary/aromatic N) is 1. The number of nitrogens with two attached hydrogens (primary N) is 1. The zero-order chi connectivity index (χ0) is 14.5. The van der Waals surface area contributed by atoms with Gasteiger partial charge in [0.05, 0.1) is 5.02 Å². The van der Waals surface area contributed by atoms with Crippen LogP contribution in [-0.2, 0) is 6.42 Å². The summed E-state index contributed by atoms with van der Waals surface area (Å²) in [7, 11) is 0. The molecular weight excluding hydrogens is 279 g/mol. The maximum Gasteiger partial charge on any atom is 0.219 e. The Balaban J connectivity index is 2.07. The molecule has 1 unspecified atom stereocenters. The number of hydrogen-bond donors (Lipinski definition) is 1. The Morgan fingerprint density at radius 1 is 1.35 bits per heavy atom. The lowest BCUT2D eigenvalue weighted by Crippen LogP contribution is -2.21. The molecule has 1 aromatic heterocycles. The van der Waals surface area contributed by atoms with Crippen molar-refractivity contribution in [3.05, 3.63) is 52.9 Å². The predicted molar refractivity (Wildman–Crippen MR) is 77.7 cm³/mol. The van der Waals surface area contributed by atoms with E-state index in [-0.39, 0.29) is 11.1 Å². The van der Waals surface area contributed by atoms with Crippen LogP contribution in [0.3, 0.4) is 0 Å². The molecule has 0 amide bonds. The Morgan fingerprint density at radius 3 is 2.75 bits per heavy atom. The molecule has 106 valence electrons. The van der Waals surface area contributed by atoms with Crippen molar-refractivity contribution in [1.29, 1.82) is 0 Å². The van der Waals surface area contributed by atoms with Crippen LogP contribution in [0.25, 0.3) is 0 Å². The Labute approximate surface area is 122 Å². The van der Waals surface area contributed by atoms with E-state index in [1.165, 1.54) is 18.2 Å². The number of ether oxygens (including phenoxy) is 1. The second-order valence-corrected chi connectivity index (χ2v) is 4.96. The fraction of sp³-hybridized carbons (Fsp3) is 0.267. The van der Waals surface area contributed by atoms with Gasteiger partial charge in [-0.2, -0.15) is 0 Å². The quantitative estimate of drug-likeness (QED) is 0.908. The Hall–Kier alpha value is -1.65. The van der Waals surface area contributed by atoms with Crippen LogP contribution in [0, 0.1) is 5.82 Å². The lowest BCUT2D eigenvalue weighted by molar-refractivity contribution is 0.461. The first kappa shape index (κ1) is 14.8. The van der Waals surface area contributed by atoms with E-state index in [2.05, 4.69) is 4.98 Å². The van der Waals surface area contributed by atoms with E-state index in [0.717, 1.165) is 18.4 Å². The smallest absolute Gasteiger partial charge is 0.219 e. The average Bonchev–Trinajstić information content (AvgIpc) is 2.44. The fourth-order valence-corrected chi connectivity index (χ4v) is 1.92. The summed E-state index contributed by atoms with van der Waals surface area (Å²) in [4.78, 5) is 4.19. The zero-order valence-corrected chi connectivity index (χ0v) is 11.9. The summed E-state index contributed by atoms with van der Waals surface area (Å²) in [5, 5.41) is 0.212. The molecule has 0 bridgehead atoms. The van der Waals surface area contributed by atoms with Gasteiger partial charge in [-0.25, -0.2) is 9.37 Å². The summed E-state index contributed by atoms with van der Waals surface area (Å²) in [6.07, 6.45) is 3.42. The van der Waals surface area contributed by atoms with Crippen molar-refractivity contribution in [3.8, 4) is 11.6 Å². The second-order valence-electron chi connectivity index (χ2n) is 4.55. The molecule has 0 spiro atoms. The van der Waals surface area contributed by atoms with Gasteiger partial charge in [-0.15, -0.1) is 0 Å². The average molecular weight is 295 g/mol. The number of halogens is 2. The third kappa shape index (κ3) is 3.92. The van der Waals surface area contributed by atoms with Gasteiger partial charge in [0.1, 0.15) is 11.6 Å². The molecule has 0 aliphatic carbocycles. The minimum absolute atomic E-state index is 0.134. The maximum atomic E-state index is 12.9. The number of aromatic nitrogens is 1. The molecule has 20 heavy (non-hydrogen) atoms. The molecule has 1 heterocycles. The van der Waals surface area contributed by atoms with Crippen LogP contribution in [0.4, 0.5) is 4.39 Å². The van der Waals surface area contributed by atoms with Gasteiger partial charge in [-0.05, 0) is 36.6 Å². The van der Waals surface area contributed by atoms with E-state index in [1.807, 2.05) is 13.0 Å². The molecule has 1 atom stereocenters. The standard InChI is InChI=1S/C15H16ClFN2O/c1-2-12(18)7-10-3-6-15(19-9-10)20-14-5-4-11(17)8-13(14)16/h3-6,8-9,12H,2,7,18H2,1H3. The van der Waals surface area contributed by atoms with Gasteiger partial charge < -0.3 is 10.5 Å². The number of pyridine rings is 1. The van der Waals surface area contributed by atoms with Gasteiger partial charge in [0.15, 0.2) is 0 Å². The highest BCUT2D eigenvalue weighted by atomic mass is 35.5. The normalized spacial score (nSPS) is 12.2. The highest BCUT2D eigenvalue weighted by Crippen LogP contribution is 2.28. The van der Waals surface area contributed by atoms with Gasteiger partial charge >= 0.3 is 0 Å². The van der Waals surface area contributed by atoms with Crippen molar-refractivity contribution in [2.45, 2.75) is 25.8 Å². The summed E-state index contributed by atoms with van der Waals surface area (Å²) in [5.41, 5.74) is 6.94. The SMILES string of the molecule is CCC(N)Cc1ccc(Oc2ccc(F)cc2Cl)nc1. The first-order valence-electron chi connectivity index (χ1n) is 6.42. The van der Waals surface area contributed by atoms with Crippen LogP contribution in [0.1, 0.15) is 18.9 Å². The predicted octanol–water partition coefficient (Wildman–Crippen LogP) is 3.95. The molecule has 2 rings (SSSR count). The van der Waals surface area contributed by atoms with Crippen molar-refractivity contribution in [3.63, 3.8) is 0 Å². The van der Waals surface area contributed by atoms with Gasteiger partial charge in [0, 0.05) is 18.3 Å². The van der Waals surface area contributed by atoms with Crippen molar-refractivity contribution in [1.82, 2.24) is 4.98 Å². The number of benzene rings is 1. The first-order valence-corrected chi connectivity index (χ1v) is 6.79. The molecule has 2 N–H and O–H groups in total. The monoisotopic (exact) mass is 294 g/mol. The summed E-state index contributed by atoms with van der Waals surface area (Å²) >= 11 is 5.89. The van der Waals surface area contributed by atoms with Crippen molar-refractivity contribution >= 4 is 11.6 Å². The molecule has 5 heteroatoms. The lowest BCUT2D eigenvalue weighted by Gasteiger charge is -2.10. The van der Waals surface area contributed by atoms with E-state index in [9.17, 15) is 4.39 Å². The van der Waals surface area contributed by atoms with E-state index in [1.54, 1.807) is 12.3 Å². The van der Waals surface area contributed by atoms with Crippen LogP contribution in [0.15, 0.2) is 36.5 Å². The van der Waals surface area contributed by atoms with E-state index < -0.39 is 5.82 Å². The number of rotatable bonds is 5. The molecule has 0 saturated carbocycles. The molecule has 0 fully saturated rings. The minimum Gasteiger partial charge on any atom is -0.437 e. The summed E-state index contributed by atoms with van der Waals surface area (Å²) in [5.74, 6) is 0.380. The van der Waals surface area contributed by atoms with Crippen LogP contribution in [-0.4, -0.2) is 11.0 Å². The largest absolute Gasteiger partial charge is 0.437 e. The van der Waals surface area contributed by atoms with Gasteiger partial charge in [-0.1, -0.05) is 24.6 Å². The second kappa shape index (κ2) is 6.68. The molecule has 0 saturated heterocycles. The summed E-state index contributed by atoms with van der Waals surface area (Å²) < 4.78 is 18.4. The fourth-order valence-electron chi connectivity index (χ4n) is 1.71. The van der Waals surface area contributed by atoms with Crippen LogP contribution in [0.2, 0.25) is 5.02 Å². The van der Waals surface area contributed by atoms with Crippen LogP contribution in [0.5, 0.6) is 11.6 Å². The molecular formula is C15H16ClFN2O.